The molecule has 1 N–H and O–H groups in total. The Bertz CT molecular complexity index is 615. The number of nitrogens with one attached hydrogen (secondary N) is 1. The zero-order valence-corrected chi connectivity index (χ0v) is 16.3. The molecule has 6 heteroatoms. The number of carbonyl (C=O) groups is 2. The van der Waals surface area contributed by atoms with Crippen LogP contribution in [-0.4, -0.2) is 59.0 Å². The number of hydrogen-bond donors (Lipinski definition) is 1. The van der Waals surface area contributed by atoms with E-state index < -0.39 is 0 Å². The standard InChI is InChI=1S/C21H32N4O2/c26-19-3-1-18(22-23-19)2-4-20(27)24-5-7-25(8-6-24)21-12-15-9-16(13-21)11-17(10-15)14-21/h15-17H,1-14H2,(H,23,26). The van der Waals surface area contributed by atoms with Crippen LogP contribution in [0.5, 0.6) is 0 Å². The van der Waals surface area contributed by atoms with Crippen molar-refractivity contribution in [3.63, 3.8) is 0 Å². The van der Waals surface area contributed by atoms with Gasteiger partial charge in [-0.05, 0) is 69.1 Å². The number of hydrogen-bond acceptors (Lipinski definition) is 4. The van der Waals surface area contributed by atoms with Gasteiger partial charge in [-0.1, -0.05) is 0 Å². The van der Waals surface area contributed by atoms with Gasteiger partial charge < -0.3 is 4.90 Å². The number of carbonyl (C=O) groups excluding carboxylic acids is 2. The Balaban J connectivity index is 1.13. The molecule has 6 nitrogen and oxygen atoms in total. The van der Waals surface area contributed by atoms with Gasteiger partial charge in [0.1, 0.15) is 0 Å². The largest absolute Gasteiger partial charge is 0.340 e. The normalized spacial score (nSPS) is 38.7. The predicted octanol–water partition coefficient (Wildman–Crippen LogP) is 2.15. The van der Waals surface area contributed by atoms with Crippen molar-refractivity contribution >= 4 is 17.5 Å². The summed E-state index contributed by atoms with van der Waals surface area (Å²) >= 11 is 0. The second-order valence-electron chi connectivity index (χ2n) is 9.72. The summed E-state index contributed by atoms with van der Waals surface area (Å²) in [5.41, 5.74) is 3.95. The maximum absolute atomic E-state index is 12.6. The first-order valence-corrected chi connectivity index (χ1v) is 11.0. The molecule has 2 aliphatic heterocycles. The molecule has 0 aromatic carbocycles. The molecular formula is C21H32N4O2. The van der Waals surface area contributed by atoms with E-state index in [-0.39, 0.29) is 11.8 Å². The third-order valence-electron chi connectivity index (χ3n) is 7.92. The zero-order chi connectivity index (χ0) is 18.4. The van der Waals surface area contributed by atoms with Gasteiger partial charge in [0.05, 0.1) is 0 Å². The van der Waals surface area contributed by atoms with Crippen molar-refractivity contribution in [2.45, 2.75) is 69.7 Å². The summed E-state index contributed by atoms with van der Waals surface area (Å²) in [7, 11) is 0. The van der Waals surface area contributed by atoms with Crippen LogP contribution in [0.25, 0.3) is 0 Å². The zero-order valence-electron chi connectivity index (χ0n) is 16.3. The topological polar surface area (TPSA) is 65.0 Å². The molecule has 4 bridgehead atoms. The van der Waals surface area contributed by atoms with Crippen LogP contribution in [0.3, 0.4) is 0 Å². The van der Waals surface area contributed by atoms with E-state index in [0.717, 1.165) is 49.6 Å². The highest BCUT2D eigenvalue weighted by Gasteiger charge is 2.53. The summed E-state index contributed by atoms with van der Waals surface area (Å²) in [6.45, 7) is 3.86. The van der Waals surface area contributed by atoms with Crippen LogP contribution < -0.4 is 5.43 Å². The van der Waals surface area contributed by atoms with Gasteiger partial charge in [-0.25, -0.2) is 5.43 Å². The Morgan fingerprint density at radius 1 is 1.00 bits per heavy atom. The Hall–Kier alpha value is -1.43. The first-order valence-electron chi connectivity index (χ1n) is 11.0. The van der Waals surface area contributed by atoms with Crippen molar-refractivity contribution < 1.29 is 9.59 Å². The SMILES string of the molecule is O=C1CCC(CCC(=O)N2CCN(C34CC5CC(CC(C5)C3)C4)CC2)=NN1. The van der Waals surface area contributed by atoms with Crippen molar-refractivity contribution in [2.24, 2.45) is 22.9 Å². The molecule has 6 rings (SSSR count). The van der Waals surface area contributed by atoms with E-state index in [2.05, 4.69) is 20.3 Å². The van der Waals surface area contributed by atoms with Crippen molar-refractivity contribution in [1.29, 1.82) is 0 Å². The van der Waals surface area contributed by atoms with Crippen LogP contribution in [0.2, 0.25) is 0 Å². The first kappa shape index (κ1) is 17.7. The molecule has 27 heavy (non-hydrogen) atoms. The smallest absolute Gasteiger partial charge is 0.240 e. The first-order chi connectivity index (χ1) is 13.1. The van der Waals surface area contributed by atoms with E-state index in [1.165, 1.54) is 38.5 Å². The molecule has 2 amide bonds. The summed E-state index contributed by atoms with van der Waals surface area (Å²) in [6.07, 6.45) is 11.1. The number of piperazine rings is 1. The van der Waals surface area contributed by atoms with Crippen LogP contribution in [0, 0.1) is 17.8 Å². The van der Waals surface area contributed by atoms with Crippen LogP contribution in [-0.2, 0) is 9.59 Å². The van der Waals surface area contributed by atoms with E-state index in [0.29, 0.717) is 31.2 Å². The molecule has 6 aliphatic rings. The van der Waals surface area contributed by atoms with E-state index >= 15 is 0 Å². The van der Waals surface area contributed by atoms with Crippen molar-refractivity contribution in [2.75, 3.05) is 26.2 Å². The lowest BCUT2D eigenvalue weighted by atomic mass is 9.52. The number of rotatable bonds is 4. The fourth-order valence-corrected chi connectivity index (χ4v) is 6.98. The fraction of sp³-hybridized carbons (Fsp3) is 0.857. The summed E-state index contributed by atoms with van der Waals surface area (Å²) in [5, 5.41) is 4.08. The molecule has 5 fully saturated rings. The highest BCUT2D eigenvalue weighted by atomic mass is 16.2. The molecule has 0 spiro atoms. The van der Waals surface area contributed by atoms with Crippen LogP contribution in [0.15, 0.2) is 5.10 Å². The number of amides is 2. The van der Waals surface area contributed by atoms with Crippen molar-refractivity contribution in [3.05, 3.63) is 0 Å². The van der Waals surface area contributed by atoms with Gasteiger partial charge in [-0.2, -0.15) is 5.10 Å². The molecule has 0 aromatic heterocycles. The maximum Gasteiger partial charge on any atom is 0.240 e. The quantitative estimate of drug-likeness (QED) is 0.822. The molecule has 0 radical (unpaired) electrons. The van der Waals surface area contributed by atoms with Gasteiger partial charge in [0.2, 0.25) is 11.8 Å². The lowest BCUT2D eigenvalue weighted by Crippen LogP contribution is -2.64. The van der Waals surface area contributed by atoms with Gasteiger partial charge in [-0.15, -0.1) is 0 Å². The van der Waals surface area contributed by atoms with Crippen molar-refractivity contribution in [3.8, 4) is 0 Å². The van der Waals surface area contributed by atoms with E-state index in [4.69, 9.17) is 0 Å². The maximum atomic E-state index is 12.6. The van der Waals surface area contributed by atoms with Crippen molar-refractivity contribution in [1.82, 2.24) is 15.2 Å². The van der Waals surface area contributed by atoms with Crippen LogP contribution in [0.4, 0.5) is 0 Å². The lowest BCUT2D eigenvalue weighted by molar-refractivity contribution is -0.138. The number of hydrazone groups is 1. The minimum absolute atomic E-state index is 0.0223. The van der Waals surface area contributed by atoms with E-state index in [1.54, 1.807) is 0 Å². The van der Waals surface area contributed by atoms with Gasteiger partial charge >= 0.3 is 0 Å². The highest BCUT2D eigenvalue weighted by Crippen LogP contribution is 2.57. The molecule has 0 atom stereocenters. The average molecular weight is 373 g/mol. The molecule has 2 heterocycles. The summed E-state index contributed by atoms with van der Waals surface area (Å²) in [6, 6.07) is 0. The Labute approximate surface area is 161 Å². The molecular weight excluding hydrogens is 340 g/mol. The Kier molecular flexibility index (Phi) is 4.49. The summed E-state index contributed by atoms with van der Waals surface area (Å²) in [4.78, 5) is 28.6. The minimum atomic E-state index is -0.0223. The highest BCUT2D eigenvalue weighted by molar-refractivity contribution is 5.94. The third-order valence-corrected chi connectivity index (χ3v) is 7.92. The molecule has 0 aromatic rings. The Morgan fingerprint density at radius 3 is 2.19 bits per heavy atom. The lowest BCUT2D eigenvalue weighted by Gasteiger charge is -2.61. The van der Waals surface area contributed by atoms with Crippen LogP contribution in [0.1, 0.15) is 64.2 Å². The predicted molar refractivity (Wildman–Crippen MR) is 103 cm³/mol. The van der Waals surface area contributed by atoms with Crippen LogP contribution >= 0.6 is 0 Å². The summed E-state index contributed by atoms with van der Waals surface area (Å²) < 4.78 is 0. The number of nitrogens with zero attached hydrogens (tertiary/aromatic N) is 3. The van der Waals surface area contributed by atoms with E-state index in [9.17, 15) is 9.59 Å². The van der Waals surface area contributed by atoms with E-state index in [1.807, 2.05) is 0 Å². The van der Waals surface area contributed by atoms with Gasteiger partial charge in [0, 0.05) is 50.3 Å². The van der Waals surface area contributed by atoms with Gasteiger partial charge in [0.15, 0.2) is 0 Å². The van der Waals surface area contributed by atoms with Gasteiger partial charge in [-0.3, -0.25) is 14.5 Å². The molecule has 1 saturated heterocycles. The Morgan fingerprint density at radius 2 is 1.63 bits per heavy atom. The fourth-order valence-electron chi connectivity index (χ4n) is 6.98. The second-order valence-corrected chi connectivity index (χ2v) is 9.72. The molecule has 148 valence electrons. The summed E-state index contributed by atoms with van der Waals surface area (Å²) in [5.74, 6) is 3.17. The second kappa shape index (κ2) is 6.87. The minimum Gasteiger partial charge on any atom is -0.340 e. The molecule has 4 aliphatic carbocycles. The molecule has 0 unspecified atom stereocenters. The molecule has 4 saturated carbocycles. The van der Waals surface area contributed by atoms with Gasteiger partial charge in [0.25, 0.3) is 0 Å². The third kappa shape index (κ3) is 3.41. The monoisotopic (exact) mass is 372 g/mol. The average Bonchev–Trinajstić information content (AvgIpc) is 2.66.